The average molecular weight is 340 g/mol. The minimum Gasteiger partial charge on any atom is -0.286 e. The molecule has 0 N–H and O–H groups in total. The molecule has 2 heterocycles. The molecule has 0 saturated heterocycles. The maximum absolute atomic E-state index is 9.36. The molecule has 0 aliphatic carbocycles. The van der Waals surface area contributed by atoms with Crippen LogP contribution < -0.4 is 0 Å². The summed E-state index contributed by atoms with van der Waals surface area (Å²) in [5.41, 5.74) is 4.75. The van der Waals surface area contributed by atoms with Gasteiger partial charge >= 0.3 is 0 Å². The van der Waals surface area contributed by atoms with Gasteiger partial charge in [0.15, 0.2) is 0 Å². The predicted octanol–water partition coefficient (Wildman–Crippen LogP) is 4.24. The largest absolute Gasteiger partial charge is 0.286 e. The van der Waals surface area contributed by atoms with Gasteiger partial charge < -0.3 is 0 Å². The quantitative estimate of drug-likeness (QED) is 0.821. The molecule has 0 radical (unpaired) electrons. The van der Waals surface area contributed by atoms with Crippen LogP contribution in [-0.4, -0.2) is 11.2 Å². The zero-order valence-electron chi connectivity index (χ0n) is 11.9. The summed E-state index contributed by atoms with van der Waals surface area (Å²) in [4.78, 5) is 8.66. The summed E-state index contributed by atoms with van der Waals surface area (Å²) >= 11 is 3.55. The molecule has 0 bridgehead atoms. The predicted molar refractivity (Wildman–Crippen MR) is 87.3 cm³/mol. The first-order chi connectivity index (χ1) is 10.0. The number of nitriles is 1. The molecular formula is C17H14BrN3. The number of aromatic nitrogens is 1. The lowest BCUT2D eigenvalue weighted by Gasteiger charge is -2.18. The zero-order chi connectivity index (χ0) is 15.0. The summed E-state index contributed by atoms with van der Waals surface area (Å²) in [5.74, 6) is 0. The van der Waals surface area contributed by atoms with Crippen molar-refractivity contribution in [2.75, 3.05) is 0 Å². The van der Waals surface area contributed by atoms with E-state index in [9.17, 15) is 5.26 Å². The lowest BCUT2D eigenvalue weighted by Crippen LogP contribution is -2.13. The highest BCUT2D eigenvalue weighted by molar-refractivity contribution is 9.10. The number of rotatable bonds is 2. The van der Waals surface area contributed by atoms with Gasteiger partial charge in [0.2, 0.25) is 0 Å². The second kappa shape index (κ2) is 5.09. The summed E-state index contributed by atoms with van der Waals surface area (Å²) in [5, 5.41) is 9.36. The van der Waals surface area contributed by atoms with Gasteiger partial charge in [-0.2, -0.15) is 5.26 Å². The summed E-state index contributed by atoms with van der Waals surface area (Å²) in [7, 11) is 0. The molecule has 2 aromatic rings. The fraction of sp³-hybridized carbons (Fsp3) is 0.235. The molecule has 0 atom stereocenters. The summed E-state index contributed by atoms with van der Waals surface area (Å²) in [6.07, 6.45) is 3.70. The fourth-order valence-electron chi connectivity index (χ4n) is 2.43. The second-order valence-corrected chi connectivity index (χ2v) is 6.57. The lowest BCUT2D eigenvalue weighted by molar-refractivity contribution is 0.686. The molecule has 3 rings (SSSR count). The third-order valence-electron chi connectivity index (χ3n) is 3.74. The van der Waals surface area contributed by atoms with Gasteiger partial charge in [0.1, 0.15) is 0 Å². The molecule has 0 spiro atoms. The highest BCUT2D eigenvalue weighted by atomic mass is 79.9. The van der Waals surface area contributed by atoms with E-state index in [-0.39, 0.29) is 0 Å². The van der Waals surface area contributed by atoms with Crippen molar-refractivity contribution in [3.05, 3.63) is 51.8 Å². The Morgan fingerprint density at radius 3 is 2.86 bits per heavy atom. The highest BCUT2D eigenvalue weighted by Gasteiger charge is 2.22. The minimum absolute atomic E-state index is 0.525. The number of hydrogen-bond acceptors (Lipinski definition) is 3. The first-order valence-electron chi connectivity index (χ1n) is 6.72. The van der Waals surface area contributed by atoms with Crippen LogP contribution in [0.5, 0.6) is 0 Å². The number of hydrogen-bond donors (Lipinski definition) is 0. The lowest BCUT2D eigenvalue weighted by atomic mass is 9.84. The Morgan fingerprint density at radius 1 is 1.29 bits per heavy atom. The van der Waals surface area contributed by atoms with Crippen molar-refractivity contribution in [1.82, 2.24) is 4.98 Å². The number of pyridine rings is 1. The van der Waals surface area contributed by atoms with Gasteiger partial charge in [-0.05, 0) is 54.8 Å². The van der Waals surface area contributed by atoms with Crippen LogP contribution >= 0.6 is 15.9 Å². The first kappa shape index (κ1) is 14.0. The normalized spacial score (nSPS) is 13.0. The molecular weight excluding hydrogens is 326 g/mol. The monoisotopic (exact) mass is 339 g/mol. The molecule has 0 amide bonds. The van der Waals surface area contributed by atoms with Crippen LogP contribution in [0.3, 0.4) is 0 Å². The van der Waals surface area contributed by atoms with Crippen LogP contribution in [0.2, 0.25) is 0 Å². The molecule has 104 valence electrons. The topological polar surface area (TPSA) is 49.0 Å². The van der Waals surface area contributed by atoms with E-state index in [0.29, 0.717) is 6.54 Å². The summed E-state index contributed by atoms with van der Waals surface area (Å²) in [6.45, 7) is 4.50. The molecule has 1 aliphatic heterocycles. The van der Waals surface area contributed by atoms with Crippen LogP contribution in [0.15, 0.2) is 39.9 Å². The molecule has 0 saturated carbocycles. The van der Waals surface area contributed by atoms with Crippen LogP contribution in [0.1, 0.15) is 30.7 Å². The number of halogens is 1. The Balaban J connectivity index is 2.19. The van der Waals surface area contributed by atoms with E-state index in [0.717, 1.165) is 32.4 Å². The molecule has 0 fully saturated rings. The van der Waals surface area contributed by atoms with Gasteiger partial charge in [-0.1, -0.05) is 15.9 Å². The third-order valence-corrected chi connectivity index (χ3v) is 4.20. The Hall–Kier alpha value is -1.99. The van der Waals surface area contributed by atoms with Crippen LogP contribution in [0.4, 0.5) is 0 Å². The number of benzene rings is 1. The molecule has 1 aliphatic rings. The molecule has 1 aromatic heterocycles. The molecule has 4 heteroatoms. The Bertz CT molecular complexity index is 785. The zero-order valence-corrected chi connectivity index (χ0v) is 13.5. The Morgan fingerprint density at radius 2 is 2.10 bits per heavy atom. The summed E-state index contributed by atoms with van der Waals surface area (Å²) in [6, 6.07) is 10.5. The van der Waals surface area contributed by atoms with Gasteiger partial charge in [0.05, 0.1) is 23.7 Å². The van der Waals surface area contributed by atoms with E-state index in [1.165, 1.54) is 0 Å². The molecule has 21 heavy (non-hydrogen) atoms. The van der Waals surface area contributed by atoms with Crippen molar-refractivity contribution in [2.45, 2.75) is 25.8 Å². The smallest absolute Gasteiger partial charge is 0.0818 e. The van der Waals surface area contributed by atoms with Gasteiger partial charge in [-0.3, -0.25) is 9.98 Å². The minimum atomic E-state index is -0.525. The van der Waals surface area contributed by atoms with Gasteiger partial charge in [0, 0.05) is 22.4 Å². The van der Waals surface area contributed by atoms with Crippen molar-refractivity contribution in [3.8, 4) is 17.2 Å². The van der Waals surface area contributed by atoms with Crippen LogP contribution in [0.25, 0.3) is 11.1 Å². The average Bonchev–Trinajstić information content (AvgIpc) is 2.94. The SMILES string of the molecule is CC(C)(C#N)c1cc(Br)cc(-c2ccnc3c2C=NC3)c1. The van der Waals surface area contributed by atoms with E-state index in [1.807, 2.05) is 38.4 Å². The highest BCUT2D eigenvalue weighted by Crippen LogP contribution is 2.33. The van der Waals surface area contributed by atoms with E-state index in [2.05, 4.69) is 44.1 Å². The van der Waals surface area contributed by atoms with Gasteiger partial charge in [0.25, 0.3) is 0 Å². The van der Waals surface area contributed by atoms with Crippen LogP contribution in [0, 0.1) is 11.3 Å². The first-order valence-corrected chi connectivity index (χ1v) is 7.51. The fourth-order valence-corrected chi connectivity index (χ4v) is 2.93. The Labute approximate surface area is 132 Å². The third kappa shape index (κ3) is 2.50. The van der Waals surface area contributed by atoms with E-state index >= 15 is 0 Å². The van der Waals surface area contributed by atoms with E-state index in [1.54, 1.807) is 0 Å². The second-order valence-electron chi connectivity index (χ2n) is 5.65. The van der Waals surface area contributed by atoms with Crippen LogP contribution in [-0.2, 0) is 12.0 Å². The molecule has 1 aromatic carbocycles. The number of nitrogens with zero attached hydrogens (tertiary/aromatic N) is 3. The standard InChI is InChI=1S/C17H14BrN3/c1-17(2,10-19)12-5-11(6-13(18)7-12)14-3-4-21-16-9-20-8-15(14)16/h3-8H,9H2,1-2H3. The van der Waals surface area contributed by atoms with Crippen molar-refractivity contribution < 1.29 is 0 Å². The van der Waals surface area contributed by atoms with Crippen molar-refractivity contribution in [3.63, 3.8) is 0 Å². The number of aliphatic imine (C=N–C) groups is 1. The molecule has 3 nitrogen and oxygen atoms in total. The van der Waals surface area contributed by atoms with Crippen molar-refractivity contribution in [2.24, 2.45) is 4.99 Å². The van der Waals surface area contributed by atoms with E-state index in [4.69, 9.17) is 0 Å². The molecule has 0 unspecified atom stereocenters. The van der Waals surface area contributed by atoms with Crippen molar-refractivity contribution in [1.29, 1.82) is 5.26 Å². The summed E-state index contributed by atoms with van der Waals surface area (Å²) < 4.78 is 0.971. The maximum Gasteiger partial charge on any atom is 0.0818 e. The van der Waals surface area contributed by atoms with Gasteiger partial charge in [-0.25, -0.2) is 0 Å². The van der Waals surface area contributed by atoms with Gasteiger partial charge in [-0.15, -0.1) is 0 Å². The number of fused-ring (bicyclic) bond motifs is 1. The van der Waals surface area contributed by atoms with Crippen molar-refractivity contribution >= 4 is 22.1 Å². The van der Waals surface area contributed by atoms with E-state index < -0.39 is 5.41 Å². The maximum atomic E-state index is 9.36. The Kier molecular flexibility index (Phi) is 3.38.